The highest BCUT2D eigenvalue weighted by molar-refractivity contribution is 5.13. The van der Waals surface area contributed by atoms with Crippen molar-refractivity contribution < 1.29 is 9.47 Å². The van der Waals surface area contributed by atoms with Crippen molar-refractivity contribution in [1.29, 1.82) is 0 Å². The summed E-state index contributed by atoms with van der Waals surface area (Å²) >= 11 is 0. The molecule has 1 atom stereocenters. The maximum absolute atomic E-state index is 5.42. The number of rotatable bonds is 4. The van der Waals surface area contributed by atoms with E-state index < -0.39 is 0 Å². The van der Waals surface area contributed by atoms with E-state index in [2.05, 4.69) is 12.1 Å². The summed E-state index contributed by atoms with van der Waals surface area (Å²) in [6.45, 7) is 2.30. The van der Waals surface area contributed by atoms with E-state index in [1.807, 2.05) is 18.2 Å². The van der Waals surface area contributed by atoms with Gasteiger partial charge in [0, 0.05) is 0 Å². The average Bonchev–Trinajstić information content (AvgIpc) is 2.90. The maximum Gasteiger partial charge on any atom is 0.104 e. The summed E-state index contributed by atoms with van der Waals surface area (Å²) in [5.74, 6) is 0. The molecule has 1 aliphatic heterocycles. The molecule has 1 saturated heterocycles. The van der Waals surface area contributed by atoms with Gasteiger partial charge in [-0.15, -0.1) is 0 Å². The fourth-order valence-electron chi connectivity index (χ4n) is 1.05. The summed E-state index contributed by atoms with van der Waals surface area (Å²) < 4.78 is 10.4. The first-order valence-corrected chi connectivity index (χ1v) is 4.18. The average molecular weight is 181 g/mol. The topological polar surface area (TPSA) is 56.8 Å². The Morgan fingerprint density at radius 3 is 2.62 bits per heavy atom. The molecule has 1 unspecified atom stereocenters. The van der Waals surface area contributed by atoms with Crippen LogP contribution in [0.2, 0.25) is 0 Å². The van der Waals surface area contributed by atoms with E-state index in [-0.39, 0.29) is 6.15 Å². The first kappa shape index (κ1) is 10.2. The summed E-state index contributed by atoms with van der Waals surface area (Å²) in [7, 11) is 0. The van der Waals surface area contributed by atoms with Crippen molar-refractivity contribution in [2.75, 3.05) is 13.2 Å². The van der Waals surface area contributed by atoms with E-state index >= 15 is 0 Å². The van der Waals surface area contributed by atoms with E-state index in [9.17, 15) is 0 Å². The minimum atomic E-state index is 0. The number of benzene rings is 1. The molecule has 1 aliphatic rings. The van der Waals surface area contributed by atoms with Gasteiger partial charge < -0.3 is 15.6 Å². The van der Waals surface area contributed by atoms with Gasteiger partial charge in [0.15, 0.2) is 0 Å². The second-order valence-corrected chi connectivity index (χ2v) is 2.96. The quantitative estimate of drug-likeness (QED) is 0.720. The first-order chi connectivity index (χ1) is 5.95. The van der Waals surface area contributed by atoms with Gasteiger partial charge in [-0.1, -0.05) is 30.3 Å². The highest BCUT2D eigenvalue weighted by Crippen LogP contribution is 2.10. The van der Waals surface area contributed by atoms with Gasteiger partial charge in [0.05, 0.1) is 19.8 Å². The standard InChI is InChI=1S/C10H12O2.H3N/c1-2-4-9(5-3-1)6-11-7-10-8-12-10;/h1-5,10H,6-8H2;1H3. The van der Waals surface area contributed by atoms with E-state index in [1.54, 1.807) is 0 Å². The van der Waals surface area contributed by atoms with E-state index in [0.717, 1.165) is 13.2 Å². The molecule has 0 saturated carbocycles. The first-order valence-electron chi connectivity index (χ1n) is 4.18. The van der Waals surface area contributed by atoms with Crippen LogP contribution in [-0.4, -0.2) is 19.3 Å². The Hall–Kier alpha value is -0.900. The summed E-state index contributed by atoms with van der Waals surface area (Å²) in [6.07, 6.45) is 0.369. The molecule has 3 heteroatoms. The van der Waals surface area contributed by atoms with Crippen molar-refractivity contribution in [2.45, 2.75) is 12.7 Å². The Bertz CT molecular complexity index is 234. The molecule has 1 aromatic rings. The third kappa shape index (κ3) is 3.55. The molecule has 1 aromatic carbocycles. The van der Waals surface area contributed by atoms with E-state index in [1.165, 1.54) is 5.56 Å². The molecule has 2 rings (SSSR count). The SMILES string of the molecule is N.c1ccc(COCC2CO2)cc1. The summed E-state index contributed by atoms with van der Waals surface area (Å²) in [4.78, 5) is 0. The van der Waals surface area contributed by atoms with Gasteiger partial charge in [0.2, 0.25) is 0 Å². The van der Waals surface area contributed by atoms with Gasteiger partial charge in [0.25, 0.3) is 0 Å². The second kappa shape index (κ2) is 4.97. The molecular weight excluding hydrogens is 166 g/mol. The molecule has 3 nitrogen and oxygen atoms in total. The summed E-state index contributed by atoms with van der Waals surface area (Å²) in [5.41, 5.74) is 1.22. The summed E-state index contributed by atoms with van der Waals surface area (Å²) in [5, 5.41) is 0. The van der Waals surface area contributed by atoms with Crippen LogP contribution in [0.25, 0.3) is 0 Å². The third-order valence-corrected chi connectivity index (χ3v) is 1.82. The molecule has 0 radical (unpaired) electrons. The normalized spacial score (nSPS) is 19.2. The van der Waals surface area contributed by atoms with Gasteiger partial charge in [-0.05, 0) is 5.56 Å². The van der Waals surface area contributed by atoms with Crippen LogP contribution >= 0.6 is 0 Å². The molecule has 0 aromatic heterocycles. The van der Waals surface area contributed by atoms with Crippen LogP contribution in [0.1, 0.15) is 5.56 Å². The molecule has 0 spiro atoms. The van der Waals surface area contributed by atoms with Gasteiger partial charge in [0.1, 0.15) is 6.10 Å². The monoisotopic (exact) mass is 181 g/mol. The zero-order valence-electron chi connectivity index (χ0n) is 7.61. The predicted molar refractivity (Wildman–Crippen MR) is 50.9 cm³/mol. The van der Waals surface area contributed by atoms with Crippen LogP contribution in [0.15, 0.2) is 30.3 Å². The van der Waals surface area contributed by atoms with Crippen molar-refractivity contribution in [3.63, 3.8) is 0 Å². The molecule has 1 heterocycles. The van der Waals surface area contributed by atoms with Crippen molar-refractivity contribution in [3.8, 4) is 0 Å². The van der Waals surface area contributed by atoms with Crippen LogP contribution in [0.3, 0.4) is 0 Å². The van der Waals surface area contributed by atoms with Crippen LogP contribution in [0.5, 0.6) is 0 Å². The number of hydrogen-bond acceptors (Lipinski definition) is 3. The summed E-state index contributed by atoms with van der Waals surface area (Å²) in [6, 6.07) is 10.2. The Labute approximate surface area is 78.2 Å². The predicted octanol–water partition coefficient (Wildman–Crippen LogP) is 1.76. The number of epoxide rings is 1. The van der Waals surface area contributed by atoms with Gasteiger partial charge in [-0.2, -0.15) is 0 Å². The maximum atomic E-state index is 5.42. The molecule has 13 heavy (non-hydrogen) atoms. The molecule has 0 bridgehead atoms. The van der Waals surface area contributed by atoms with E-state index in [0.29, 0.717) is 12.7 Å². The minimum absolute atomic E-state index is 0. The molecule has 72 valence electrons. The molecule has 3 N–H and O–H groups in total. The van der Waals surface area contributed by atoms with Crippen molar-refractivity contribution in [1.82, 2.24) is 6.15 Å². The van der Waals surface area contributed by atoms with Crippen molar-refractivity contribution in [3.05, 3.63) is 35.9 Å². The smallest absolute Gasteiger partial charge is 0.104 e. The Kier molecular flexibility index (Phi) is 3.89. The van der Waals surface area contributed by atoms with Crippen LogP contribution in [-0.2, 0) is 16.1 Å². The molecule has 0 aliphatic carbocycles. The Morgan fingerprint density at radius 2 is 2.00 bits per heavy atom. The van der Waals surface area contributed by atoms with Crippen LogP contribution < -0.4 is 6.15 Å². The largest absolute Gasteiger partial charge is 0.374 e. The highest BCUT2D eigenvalue weighted by atomic mass is 16.6. The third-order valence-electron chi connectivity index (χ3n) is 1.82. The Balaban J connectivity index is 0.000000845. The zero-order chi connectivity index (χ0) is 8.23. The number of hydrogen-bond donors (Lipinski definition) is 1. The minimum Gasteiger partial charge on any atom is -0.374 e. The van der Waals surface area contributed by atoms with Crippen LogP contribution in [0, 0.1) is 0 Å². The fraction of sp³-hybridized carbons (Fsp3) is 0.400. The molecule has 0 amide bonds. The lowest BCUT2D eigenvalue weighted by Gasteiger charge is -2.00. The van der Waals surface area contributed by atoms with Crippen LogP contribution in [0.4, 0.5) is 0 Å². The highest BCUT2D eigenvalue weighted by Gasteiger charge is 2.21. The van der Waals surface area contributed by atoms with Crippen molar-refractivity contribution >= 4 is 0 Å². The fourth-order valence-corrected chi connectivity index (χ4v) is 1.05. The second-order valence-electron chi connectivity index (χ2n) is 2.96. The lowest BCUT2D eigenvalue weighted by molar-refractivity contribution is 0.104. The van der Waals surface area contributed by atoms with Gasteiger partial charge >= 0.3 is 0 Å². The molecule has 1 fully saturated rings. The van der Waals surface area contributed by atoms with Crippen molar-refractivity contribution in [2.24, 2.45) is 0 Å². The van der Waals surface area contributed by atoms with Gasteiger partial charge in [-0.25, -0.2) is 0 Å². The zero-order valence-corrected chi connectivity index (χ0v) is 7.61. The lowest BCUT2D eigenvalue weighted by atomic mass is 10.2. The number of ether oxygens (including phenoxy) is 2. The van der Waals surface area contributed by atoms with Gasteiger partial charge in [-0.3, -0.25) is 0 Å². The Morgan fingerprint density at radius 1 is 1.31 bits per heavy atom. The van der Waals surface area contributed by atoms with E-state index in [4.69, 9.17) is 9.47 Å². The lowest BCUT2D eigenvalue weighted by Crippen LogP contribution is -2.00. The molecular formula is C10H15NO2.